The molecule has 1 aromatic rings. The van der Waals surface area contributed by atoms with Gasteiger partial charge in [-0.05, 0) is 30.9 Å². The van der Waals surface area contributed by atoms with Crippen molar-refractivity contribution < 1.29 is 5.11 Å². The number of rotatable bonds is 5. The van der Waals surface area contributed by atoms with Crippen LogP contribution in [-0.4, -0.2) is 35.7 Å². The van der Waals surface area contributed by atoms with Gasteiger partial charge in [0.15, 0.2) is 0 Å². The predicted octanol–water partition coefficient (Wildman–Crippen LogP) is 1.93. The van der Waals surface area contributed by atoms with Gasteiger partial charge in [0.1, 0.15) is 5.82 Å². The first-order valence-corrected chi connectivity index (χ1v) is 6.38. The smallest absolute Gasteiger partial charge is 0.128 e. The Kier molecular flexibility index (Phi) is 4.91. The van der Waals surface area contributed by atoms with E-state index in [0.29, 0.717) is 0 Å². The number of hydrogen-bond acceptors (Lipinski definition) is 4. The number of hydrogen-bond donors (Lipinski definition) is 1. The molecule has 4 heteroatoms. The molecule has 1 N–H and O–H groups in total. The van der Waals surface area contributed by atoms with E-state index < -0.39 is 6.10 Å². The molecule has 1 rings (SSSR count). The van der Waals surface area contributed by atoms with Crippen LogP contribution < -0.4 is 4.90 Å². The van der Waals surface area contributed by atoms with Crippen LogP contribution in [0, 0.1) is 0 Å². The summed E-state index contributed by atoms with van der Waals surface area (Å²) in [6, 6.07) is 3.78. The second kappa shape index (κ2) is 5.98. The van der Waals surface area contributed by atoms with E-state index in [9.17, 15) is 5.11 Å². The van der Waals surface area contributed by atoms with Crippen molar-refractivity contribution in [2.75, 3.05) is 30.5 Å². The third-order valence-corrected chi connectivity index (χ3v) is 2.86. The minimum absolute atomic E-state index is 0.430. The van der Waals surface area contributed by atoms with Gasteiger partial charge in [0.25, 0.3) is 0 Å². The maximum atomic E-state index is 9.46. The fourth-order valence-corrected chi connectivity index (χ4v) is 1.70. The summed E-state index contributed by atoms with van der Waals surface area (Å²) >= 11 is 1.82. The fraction of sp³-hybridized carbons (Fsp3) is 0.545. The monoisotopic (exact) mass is 226 g/mol. The van der Waals surface area contributed by atoms with Crippen LogP contribution in [0.15, 0.2) is 18.3 Å². The summed E-state index contributed by atoms with van der Waals surface area (Å²) in [5.74, 6) is 2.00. The Morgan fingerprint density at radius 3 is 2.93 bits per heavy atom. The molecule has 0 radical (unpaired) electrons. The Bertz CT molecular complexity index is 304. The van der Waals surface area contributed by atoms with Crippen LogP contribution in [-0.2, 0) is 0 Å². The maximum Gasteiger partial charge on any atom is 0.128 e. The van der Waals surface area contributed by atoms with E-state index >= 15 is 0 Å². The lowest BCUT2D eigenvalue weighted by Crippen LogP contribution is -2.21. The normalized spacial score (nSPS) is 12.5. The molecule has 84 valence electrons. The van der Waals surface area contributed by atoms with Gasteiger partial charge in [-0.15, -0.1) is 0 Å². The molecule has 0 bridgehead atoms. The molecule has 1 heterocycles. The van der Waals surface area contributed by atoms with Crippen molar-refractivity contribution >= 4 is 17.6 Å². The van der Waals surface area contributed by atoms with E-state index in [1.165, 1.54) is 0 Å². The summed E-state index contributed by atoms with van der Waals surface area (Å²) in [5.41, 5.74) is 0.913. The molecular weight excluding hydrogens is 208 g/mol. The highest BCUT2D eigenvalue weighted by Gasteiger charge is 2.05. The molecule has 0 aromatic carbocycles. The van der Waals surface area contributed by atoms with E-state index in [1.54, 1.807) is 13.1 Å². The van der Waals surface area contributed by atoms with Gasteiger partial charge in [0.2, 0.25) is 0 Å². The molecule has 1 atom stereocenters. The van der Waals surface area contributed by atoms with Crippen molar-refractivity contribution in [2.45, 2.75) is 13.0 Å². The third kappa shape index (κ3) is 3.72. The predicted molar refractivity (Wildman–Crippen MR) is 66.5 cm³/mol. The minimum Gasteiger partial charge on any atom is -0.389 e. The van der Waals surface area contributed by atoms with Crippen LogP contribution in [0.1, 0.15) is 18.6 Å². The molecule has 0 spiro atoms. The first-order chi connectivity index (χ1) is 7.15. The van der Waals surface area contributed by atoms with Gasteiger partial charge < -0.3 is 10.0 Å². The van der Waals surface area contributed by atoms with Gasteiger partial charge in [-0.1, -0.05) is 0 Å². The summed E-state index contributed by atoms with van der Waals surface area (Å²) in [6.07, 6.45) is 3.40. The Hall–Kier alpha value is -0.740. The molecule has 0 amide bonds. The van der Waals surface area contributed by atoms with Crippen molar-refractivity contribution in [3.8, 4) is 0 Å². The SMILES string of the molecule is CSCCN(C)c1cc(C(C)O)ccn1. The Balaban J connectivity index is 2.71. The summed E-state index contributed by atoms with van der Waals surface area (Å²) in [4.78, 5) is 6.38. The molecule has 1 unspecified atom stereocenters. The first kappa shape index (κ1) is 12.3. The molecule has 0 aliphatic heterocycles. The molecule has 1 aromatic heterocycles. The first-order valence-electron chi connectivity index (χ1n) is 4.99. The van der Waals surface area contributed by atoms with Crippen molar-refractivity contribution in [3.05, 3.63) is 23.9 Å². The topological polar surface area (TPSA) is 36.4 Å². The van der Waals surface area contributed by atoms with Crippen LogP contribution >= 0.6 is 11.8 Å². The summed E-state index contributed by atoms with van der Waals surface area (Å²) in [7, 11) is 2.02. The largest absolute Gasteiger partial charge is 0.389 e. The molecule has 0 fully saturated rings. The van der Waals surface area contributed by atoms with Crippen LogP contribution in [0.2, 0.25) is 0 Å². The number of anilines is 1. The highest BCUT2D eigenvalue weighted by Crippen LogP contribution is 2.16. The highest BCUT2D eigenvalue weighted by atomic mass is 32.2. The molecular formula is C11H18N2OS. The molecule has 0 saturated carbocycles. The van der Waals surface area contributed by atoms with E-state index in [1.807, 2.05) is 30.9 Å². The van der Waals surface area contributed by atoms with Crippen LogP contribution in [0.5, 0.6) is 0 Å². The molecule has 3 nitrogen and oxygen atoms in total. The summed E-state index contributed by atoms with van der Waals surface area (Å²) in [5, 5.41) is 9.46. The zero-order valence-electron chi connectivity index (χ0n) is 9.47. The van der Waals surface area contributed by atoms with Crippen LogP contribution in [0.4, 0.5) is 5.82 Å². The Morgan fingerprint density at radius 1 is 1.60 bits per heavy atom. The summed E-state index contributed by atoms with van der Waals surface area (Å²) < 4.78 is 0. The Morgan fingerprint density at radius 2 is 2.33 bits per heavy atom. The minimum atomic E-state index is -0.430. The summed E-state index contributed by atoms with van der Waals surface area (Å²) in [6.45, 7) is 2.73. The molecule has 0 saturated heterocycles. The number of thioether (sulfide) groups is 1. The van der Waals surface area contributed by atoms with Crippen molar-refractivity contribution in [3.63, 3.8) is 0 Å². The molecule has 0 aliphatic carbocycles. The van der Waals surface area contributed by atoms with Crippen LogP contribution in [0.25, 0.3) is 0 Å². The highest BCUT2D eigenvalue weighted by molar-refractivity contribution is 7.98. The number of aliphatic hydroxyl groups is 1. The van der Waals surface area contributed by atoms with E-state index in [0.717, 1.165) is 23.7 Å². The van der Waals surface area contributed by atoms with Crippen molar-refractivity contribution in [1.29, 1.82) is 0 Å². The molecule has 0 aliphatic rings. The second-order valence-electron chi connectivity index (χ2n) is 3.54. The van der Waals surface area contributed by atoms with Gasteiger partial charge in [0.05, 0.1) is 6.10 Å². The van der Waals surface area contributed by atoms with Crippen molar-refractivity contribution in [1.82, 2.24) is 4.98 Å². The average Bonchev–Trinajstić information content (AvgIpc) is 2.26. The fourth-order valence-electron chi connectivity index (χ4n) is 1.25. The second-order valence-corrected chi connectivity index (χ2v) is 4.52. The number of nitrogens with zero attached hydrogens (tertiary/aromatic N) is 2. The standard InChI is InChI=1S/C11H18N2OS/c1-9(14)10-4-5-12-11(8-10)13(2)6-7-15-3/h4-5,8-9,14H,6-7H2,1-3H3. The Labute approximate surface area is 95.5 Å². The van der Waals surface area contributed by atoms with Gasteiger partial charge >= 0.3 is 0 Å². The van der Waals surface area contributed by atoms with Gasteiger partial charge in [0, 0.05) is 25.5 Å². The maximum absolute atomic E-state index is 9.46. The lowest BCUT2D eigenvalue weighted by molar-refractivity contribution is 0.199. The van der Waals surface area contributed by atoms with Gasteiger partial charge in [-0.25, -0.2) is 4.98 Å². The number of aliphatic hydroxyl groups excluding tert-OH is 1. The zero-order chi connectivity index (χ0) is 11.3. The number of pyridine rings is 1. The van der Waals surface area contributed by atoms with Crippen molar-refractivity contribution in [2.24, 2.45) is 0 Å². The zero-order valence-corrected chi connectivity index (χ0v) is 10.3. The third-order valence-electron chi connectivity index (χ3n) is 2.27. The van der Waals surface area contributed by atoms with E-state index in [-0.39, 0.29) is 0 Å². The van der Waals surface area contributed by atoms with E-state index in [2.05, 4.69) is 16.1 Å². The average molecular weight is 226 g/mol. The van der Waals surface area contributed by atoms with Gasteiger partial charge in [-0.3, -0.25) is 0 Å². The number of aromatic nitrogens is 1. The molecule has 15 heavy (non-hydrogen) atoms. The lowest BCUT2D eigenvalue weighted by Gasteiger charge is -2.18. The van der Waals surface area contributed by atoms with E-state index in [4.69, 9.17) is 0 Å². The van der Waals surface area contributed by atoms with Gasteiger partial charge in [-0.2, -0.15) is 11.8 Å². The quantitative estimate of drug-likeness (QED) is 0.832. The van der Waals surface area contributed by atoms with Crippen LogP contribution in [0.3, 0.4) is 0 Å². The lowest BCUT2D eigenvalue weighted by atomic mass is 10.2.